The molecule has 4 amide bonds. The topological polar surface area (TPSA) is 88.7 Å². The molecule has 10 nitrogen and oxygen atoms in total. The summed E-state index contributed by atoms with van der Waals surface area (Å²) in [5.74, 6) is -0.176. The van der Waals surface area contributed by atoms with Gasteiger partial charge in [0.05, 0.1) is 10.0 Å². The van der Waals surface area contributed by atoms with Crippen molar-refractivity contribution in [2.75, 3.05) is 71.3 Å². The fourth-order valence-corrected chi connectivity index (χ4v) is 7.76. The summed E-state index contributed by atoms with van der Waals surface area (Å²) in [4.78, 5) is 51.1. The molecule has 0 radical (unpaired) electrons. The Balaban J connectivity index is 1.08. The van der Waals surface area contributed by atoms with Crippen LogP contribution in [0, 0.1) is 0 Å². The van der Waals surface area contributed by atoms with Gasteiger partial charge in [0.15, 0.2) is 6.10 Å². The third kappa shape index (κ3) is 8.34. The van der Waals surface area contributed by atoms with E-state index < -0.39 is 12.2 Å². The minimum atomic E-state index is -0.984. The highest BCUT2D eigenvalue weighted by atomic mass is 35.5. The van der Waals surface area contributed by atoms with Gasteiger partial charge in [-0.15, -0.1) is 0 Å². The summed E-state index contributed by atoms with van der Waals surface area (Å²) >= 11 is 12.5. The first-order valence-corrected chi connectivity index (χ1v) is 17.8. The molecule has 4 heterocycles. The zero-order valence-corrected chi connectivity index (χ0v) is 28.7. The number of piperidine rings is 2. The van der Waals surface area contributed by atoms with Crippen molar-refractivity contribution in [3.8, 4) is 0 Å². The summed E-state index contributed by atoms with van der Waals surface area (Å²) in [6.45, 7) is 6.74. The van der Waals surface area contributed by atoms with Crippen LogP contribution >= 0.6 is 23.2 Å². The van der Waals surface area contributed by atoms with Crippen LogP contribution in [-0.2, 0) is 22.4 Å². The maximum Gasteiger partial charge on any atom is 0.410 e. The van der Waals surface area contributed by atoms with Crippen molar-refractivity contribution in [3.63, 3.8) is 0 Å². The van der Waals surface area contributed by atoms with E-state index in [0.29, 0.717) is 61.7 Å². The lowest BCUT2D eigenvalue weighted by molar-refractivity contribution is -0.140. The normalized spacial score (nSPS) is 21.4. The lowest BCUT2D eigenvalue weighted by atomic mass is 10.0. The van der Waals surface area contributed by atoms with E-state index in [-0.39, 0.29) is 24.4 Å². The zero-order chi connectivity index (χ0) is 32.9. The average Bonchev–Trinajstić information content (AvgIpc) is 3.43. The fraction of sp³-hybridized carbons (Fsp3) is 0.571. The number of rotatable bonds is 6. The van der Waals surface area contributed by atoms with Crippen LogP contribution in [0.2, 0.25) is 10.0 Å². The Kier molecular flexibility index (Phi) is 11.1. The number of carbonyl (C=O) groups excluding carboxylic acids is 3. The number of halogens is 2. The number of carbonyl (C=O) groups is 3. The van der Waals surface area contributed by atoms with Gasteiger partial charge in [0, 0.05) is 70.0 Å². The number of hydrogen-bond donors (Lipinski definition) is 1. The number of fused-ring (bicyclic) bond motifs is 1. The smallest absolute Gasteiger partial charge is 0.410 e. The number of nitrogens with zero attached hydrogens (tertiary/aromatic N) is 5. The van der Waals surface area contributed by atoms with Crippen LogP contribution < -0.4 is 5.32 Å². The molecule has 12 heteroatoms. The van der Waals surface area contributed by atoms with Crippen LogP contribution in [0.15, 0.2) is 42.5 Å². The van der Waals surface area contributed by atoms with E-state index >= 15 is 0 Å². The van der Waals surface area contributed by atoms with E-state index in [1.165, 1.54) is 0 Å². The van der Waals surface area contributed by atoms with Crippen molar-refractivity contribution in [1.29, 1.82) is 0 Å². The Morgan fingerprint density at radius 2 is 1.60 bits per heavy atom. The number of benzene rings is 2. The van der Waals surface area contributed by atoms with Gasteiger partial charge >= 0.3 is 12.1 Å². The van der Waals surface area contributed by atoms with Crippen molar-refractivity contribution in [2.45, 2.75) is 63.1 Å². The molecule has 0 saturated carbocycles. The van der Waals surface area contributed by atoms with E-state index in [0.717, 1.165) is 68.7 Å². The van der Waals surface area contributed by atoms with Gasteiger partial charge in [-0.25, -0.2) is 9.59 Å². The van der Waals surface area contributed by atoms with E-state index in [4.69, 9.17) is 27.9 Å². The third-order valence-electron chi connectivity index (χ3n) is 10.3. The minimum Gasteiger partial charge on any atom is -0.436 e. The number of likely N-dealkylation sites (tertiary alicyclic amines) is 2. The van der Waals surface area contributed by atoms with Gasteiger partial charge in [0.25, 0.3) is 5.91 Å². The molecule has 0 aromatic heterocycles. The molecule has 254 valence electrons. The Bertz CT molecular complexity index is 1430. The second-order valence-corrected chi connectivity index (χ2v) is 14.1. The average molecular weight is 686 g/mol. The van der Waals surface area contributed by atoms with Crippen molar-refractivity contribution < 1.29 is 19.1 Å². The van der Waals surface area contributed by atoms with Gasteiger partial charge in [-0.1, -0.05) is 47.5 Å². The third-order valence-corrected chi connectivity index (χ3v) is 11.0. The number of hydrogen-bond acceptors (Lipinski definition) is 6. The van der Waals surface area contributed by atoms with Crippen LogP contribution in [0.5, 0.6) is 0 Å². The standard InChI is InChI=1S/C35H46Cl2N6O4/c1-39-16-10-27(11-17-39)40-14-4-15-41(22-21-40)33(44)32(24-25-7-8-29(36)30(37)23-25)47-35(46)42-18-12-28(13-19-42)43-20-9-26-5-2-3-6-31(26)38-34(43)45/h2-3,5-8,23,27-28,32H,4,9-22,24H2,1H3,(H,38,45)/t32-/m1/s1. The van der Waals surface area contributed by atoms with E-state index in [1.807, 2.05) is 40.1 Å². The molecule has 0 bridgehead atoms. The highest BCUT2D eigenvalue weighted by molar-refractivity contribution is 6.42. The number of anilines is 1. The molecule has 0 aliphatic carbocycles. The molecule has 6 rings (SSSR count). The Hall–Kier alpha value is -3.05. The van der Waals surface area contributed by atoms with E-state index in [9.17, 15) is 14.4 Å². The van der Waals surface area contributed by atoms with Gasteiger partial charge in [0.2, 0.25) is 0 Å². The number of nitrogens with one attached hydrogen (secondary N) is 1. The summed E-state index contributed by atoms with van der Waals surface area (Å²) in [7, 11) is 2.17. The molecule has 0 unspecified atom stereocenters. The quantitative estimate of drug-likeness (QED) is 0.449. The summed E-state index contributed by atoms with van der Waals surface area (Å²) in [6, 6.07) is 13.6. The highest BCUT2D eigenvalue weighted by Gasteiger charge is 2.35. The van der Waals surface area contributed by atoms with E-state index in [2.05, 4.69) is 22.2 Å². The summed E-state index contributed by atoms with van der Waals surface area (Å²) in [5.41, 5.74) is 2.76. The molecule has 0 spiro atoms. The minimum absolute atomic E-state index is 0.0200. The van der Waals surface area contributed by atoms with Crippen molar-refractivity contribution in [1.82, 2.24) is 24.5 Å². The van der Waals surface area contributed by atoms with Crippen LogP contribution in [-0.4, -0.2) is 127 Å². The molecular weight excluding hydrogens is 639 g/mol. The maximum absolute atomic E-state index is 14.1. The predicted molar refractivity (Wildman–Crippen MR) is 184 cm³/mol. The number of urea groups is 1. The first kappa shape index (κ1) is 33.8. The monoisotopic (exact) mass is 684 g/mol. The summed E-state index contributed by atoms with van der Waals surface area (Å²) in [6.07, 6.45) is 3.97. The number of para-hydroxylation sites is 1. The van der Waals surface area contributed by atoms with Crippen molar-refractivity contribution in [2.24, 2.45) is 0 Å². The van der Waals surface area contributed by atoms with Crippen LogP contribution in [0.1, 0.15) is 43.2 Å². The van der Waals surface area contributed by atoms with Gasteiger partial charge in [-0.05, 0) is 88.0 Å². The molecule has 2 aromatic rings. The molecule has 47 heavy (non-hydrogen) atoms. The molecule has 2 aromatic carbocycles. The first-order valence-electron chi connectivity index (χ1n) is 17.0. The molecule has 4 aliphatic heterocycles. The summed E-state index contributed by atoms with van der Waals surface area (Å²) < 4.78 is 6.05. The second-order valence-electron chi connectivity index (χ2n) is 13.3. The lowest BCUT2D eigenvalue weighted by Crippen LogP contribution is -2.51. The SMILES string of the molecule is CN1CCC(N2CCCN(C(=O)[C@@H](Cc3ccc(Cl)c(Cl)c3)OC(=O)N3CCC(N4CCc5ccccc5NC4=O)CC3)CC2)CC1. The lowest BCUT2D eigenvalue weighted by Gasteiger charge is -2.38. The molecule has 3 fully saturated rings. The van der Waals surface area contributed by atoms with Gasteiger partial charge < -0.3 is 29.7 Å². The van der Waals surface area contributed by atoms with Crippen LogP contribution in [0.3, 0.4) is 0 Å². The first-order chi connectivity index (χ1) is 22.7. The van der Waals surface area contributed by atoms with Crippen molar-refractivity contribution in [3.05, 3.63) is 63.6 Å². The van der Waals surface area contributed by atoms with E-state index in [1.54, 1.807) is 17.0 Å². The molecule has 3 saturated heterocycles. The fourth-order valence-electron chi connectivity index (χ4n) is 7.44. The van der Waals surface area contributed by atoms with Crippen molar-refractivity contribution >= 4 is 46.9 Å². The maximum atomic E-state index is 14.1. The molecule has 1 N–H and O–H groups in total. The Morgan fingerprint density at radius 3 is 2.36 bits per heavy atom. The molecule has 4 aliphatic rings. The zero-order valence-electron chi connectivity index (χ0n) is 27.2. The predicted octanol–water partition coefficient (Wildman–Crippen LogP) is 5.22. The van der Waals surface area contributed by atoms with Gasteiger partial charge in [-0.3, -0.25) is 9.69 Å². The second kappa shape index (κ2) is 15.4. The van der Waals surface area contributed by atoms with Crippen LogP contribution in [0.4, 0.5) is 15.3 Å². The number of ether oxygens (including phenoxy) is 1. The number of amides is 4. The molecular formula is C35H46Cl2N6O4. The van der Waals surface area contributed by atoms with Crippen LogP contribution in [0.25, 0.3) is 0 Å². The molecule has 1 atom stereocenters. The summed E-state index contributed by atoms with van der Waals surface area (Å²) in [5, 5.41) is 3.88. The Labute approximate surface area is 287 Å². The van der Waals surface area contributed by atoms with Gasteiger partial charge in [-0.2, -0.15) is 0 Å². The Morgan fingerprint density at radius 1 is 0.851 bits per heavy atom. The highest BCUT2D eigenvalue weighted by Crippen LogP contribution is 2.27. The van der Waals surface area contributed by atoms with Gasteiger partial charge in [0.1, 0.15) is 0 Å². The largest absolute Gasteiger partial charge is 0.436 e.